The summed E-state index contributed by atoms with van der Waals surface area (Å²) in [4.78, 5) is 35.8. The number of hydrogen-bond acceptors (Lipinski definition) is 4. The molecule has 0 saturated heterocycles. The summed E-state index contributed by atoms with van der Waals surface area (Å²) < 4.78 is 4.86. The van der Waals surface area contributed by atoms with Crippen LogP contribution in [0.25, 0.3) is 6.08 Å². The lowest BCUT2D eigenvalue weighted by Gasteiger charge is -2.32. The highest BCUT2D eigenvalue weighted by Crippen LogP contribution is 2.32. The third-order valence-electron chi connectivity index (χ3n) is 3.64. The first-order valence-corrected chi connectivity index (χ1v) is 7.61. The Morgan fingerprint density at radius 2 is 2.04 bits per heavy atom. The summed E-state index contributed by atoms with van der Waals surface area (Å²) in [5, 5.41) is 11.1. The molecule has 7 nitrogen and oxygen atoms in total. The molecule has 0 aliphatic carbocycles. The molecule has 2 amide bonds. The molecule has 0 bridgehead atoms. The van der Waals surface area contributed by atoms with Gasteiger partial charge in [0.2, 0.25) is 11.8 Å². The molecule has 128 valence electrons. The largest absolute Gasteiger partial charge is 0.480 e. The number of aliphatic carboxylic acids is 1. The summed E-state index contributed by atoms with van der Waals surface area (Å²) in [6, 6.07) is 7.27. The molecule has 0 fully saturated rings. The van der Waals surface area contributed by atoms with Gasteiger partial charge in [-0.2, -0.15) is 0 Å². The monoisotopic (exact) mass is 332 g/mol. The zero-order valence-corrected chi connectivity index (χ0v) is 13.4. The molecule has 7 heteroatoms. The number of rotatable bonds is 7. The molecule has 2 rings (SSSR count). The maximum Gasteiger partial charge on any atom is 0.329 e. The second-order valence-electron chi connectivity index (χ2n) is 5.39. The first-order valence-electron chi connectivity index (χ1n) is 7.61. The van der Waals surface area contributed by atoms with E-state index in [1.54, 1.807) is 11.1 Å². The van der Waals surface area contributed by atoms with Gasteiger partial charge >= 0.3 is 5.97 Å². The van der Waals surface area contributed by atoms with Crippen LogP contribution in [0.1, 0.15) is 30.5 Å². The van der Waals surface area contributed by atoms with E-state index in [1.165, 1.54) is 6.92 Å². The molecule has 1 unspecified atom stereocenters. The van der Waals surface area contributed by atoms with Gasteiger partial charge in [0.05, 0.1) is 19.1 Å². The van der Waals surface area contributed by atoms with Gasteiger partial charge in [0.25, 0.3) is 0 Å². The topological polar surface area (TPSA) is 95.9 Å². The third-order valence-corrected chi connectivity index (χ3v) is 3.64. The minimum atomic E-state index is -1.05. The Hall–Kier alpha value is -2.67. The molecular weight excluding hydrogens is 312 g/mol. The molecule has 2 N–H and O–H groups in total. The summed E-state index contributed by atoms with van der Waals surface area (Å²) in [6.45, 7) is 1.41. The van der Waals surface area contributed by atoms with E-state index in [-0.39, 0.29) is 37.4 Å². The summed E-state index contributed by atoms with van der Waals surface area (Å²) in [7, 11) is 0. The lowest BCUT2D eigenvalue weighted by molar-refractivity contribution is -0.142. The average Bonchev–Trinajstić information content (AvgIpc) is 2.54. The van der Waals surface area contributed by atoms with Crippen molar-refractivity contribution in [2.24, 2.45) is 0 Å². The van der Waals surface area contributed by atoms with Gasteiger partial charge in [0.15, 0.2) is 0 Å². The Morgan fingerprint density at radius 1 is 1.29 bits per heavy atom. The molecule has 1 aliphatic heterocycles. The fourth-order valence-electron chi connectivity index (χ4n) is 2.58. The van der Waals surface area contributed by atoms with Crippen LogP contribution in [0.4, 0.5) is 0 Å². The molecule has 0 radical (unpaired) electrons. The Kier molecular flexibility index (Phi) is 6.08. The molecule has 1 aromatic rings. The molecule has 24 heavy (non-hydrogen) atoms. The normalized spacial score (nSPS) is 15.7. The maximum atomic E-state index is 12.1. The van der Waals surface area contributed by atoms with Gasteiger partial charge in [-0.3, -0.25) is 9.59 Å². The van der Waals surface area contributed by atoms with Gasteiger partial charge in [-0.05, 0) is 17.2 Å². The van der Waals surface area contributed by atoms with E-state index in [0.717, 1.165) is 11.1 Å². The number of benzene rings is 1. The highest BCUT2D eigenvalue weighted by atomic mass is 16.5. The number of carbonyl (C=O) groups is 3. The molecular formula is C17H20N2O5. The zero-order chi connectivity index (χ0) is 17.5. The number of amides is 2. The molecule has 0 saturated carbocycles. The Morgan fingerprint density at radius 3 is 2.75 bits per heavy atom. The van der Waals surface area contributed by atoms with Crippen LogP contribution >= 0.6 is 0 Å². The molecule has 1 atom stereocenters. The Balaban J connectivity index is 1.95. The minimum Gasteiger partial charge on any atom is -0.480 e. The van der Waals surface area contributed by atoms with Crippen molar-refractivity contribution in [1.82, 2.24) is 10.2 Å². The fourth-order valence-corrected chi connectivity index (χ4v) is 2.58. The molecule has 1 aliphatic rings. The number of nitrogens with zero attached hydrogens (tertiary/aromatic N) is 1. The maximum absolute atomic E-state index is 12.1. The summed E-state index contributed by atoms with van der Waals surface area (Å²) in [6.07, 6.45) is 3.67. The minimum absolute atomic E-state index is 0.121. The standard InChI is InChI=1S/C17H20N2O5/c1-12(20)19-8-6-13-4-2-3-5-14(13)15(19)10-16(21)18-7-9-24-11-17(22)23/h2-6,8,15H,7,9-11H2,1H3,(H,18,21)(H,22,23). The Bertz CT molecular complexity index is 656. The fraction of sp³-hybridized carbons (Fsp3) is 0.353. The predicted molar refractivity (Wildman–Crippen MR) is 86.8 cm³/mol. The number of fused-ring (bicyclic) bond motifs is 1. The van der Waals surface area contributed by atoms with Crippen molar-refractivity contribution in [2.45, 2.75) is 19.4 Å². The van der Waals surface area contributed by atoms with Crippen LogP contribution in [-0.2, 0) is 19.1 Å². The van der Waals surface area contributed by atoms with Crippen LogP contribution < -0.4 is 5.32 Å². The van der Waals surface area contributed by atoms with Crippen molar-refractivity contribution in [3.05, 3.63) is 41.6 Å². The van der Waals surface area contributed by atoms with Crippen molar-refractivity contribution in [3.8, 4) is 0 Å². The highest BCUT2D eigenvalue weighted by Gasteiger charge is 2.27. The van der Waals surface area contributed by atoms with Gasteiger partial charge in [-0.1, -0.05) is 24.3 Å². The second-order valence-corrected chi connectivity index (χ2v) is 5.39. The number of carboxylic acids is 1. The lowest BCUT2D eigenvalue weighted by Crippen LogP contribution is -2.36. The van der Waals surface area contributed by atoms with E-state index in [1.807, 2.05) is 30.3 Å². The third kappa shape index (κ3) is 4.66. The van der Waals surface area contributed by atoms with Crippen LogP contribution in [0.15, 0.2) is 30.5 Å². The highest BCUT2D eigenvalue weighted by molar-refractivity contribution is 5.81. The summed E-state index contributed by atoms with van der Waals surface area (Å²) in [5.41, 5.74) is 1.91. The molecule has 0 aromatic heterocycles. The zero-order valence-electron chi connectivity index (χ0n) is 13.4. The molecule has 1 heterocycles. The smallest absolute Gasteiger partial charge is 0.329 e. The first-order chi connectivity index (χ1) is 11.5. The van der Waals surface area contributed by atoms with Crippen LogP contribution in [0.5, 0.6) is 0 Å². The first kappa shape index (κ1) is 17.7. The van der Waals surface area contributed by atoms with E-state index < -0.39 is 12.6 Å². The number of hydrogen-bond donors (Lipinski definition) is 2. The number of nitrogens with one attached hydrogen (secondary N) is 1. The predicted octanol–water partition coefficient (Wildman–Crippen LogP) is 1.17. The average molecular weight is 332 g/mol. The van der Waals surface area contributed by atoms with Crippen LogP contribution in [0.2, 0.25) is 0 Å². The SMILES string of the molecule is CC(=O)N1C=Cc2ccccc2C1CC(=O)NCCOCC(=O)O. The van der Waals surface area contributed by atoms with Crippen molar-refractivity contribution in [3.63, 3.8) is 0 Å². The van der Waals surface area contributed by atoms with E-state index >= 15 is 0 Å². The summed E-state index contributed by atoms with van der Waals surface area (Å²) in [5.74, 6) is -1.41. The van der Waals surface area contributed by atoms with Crippen molar-refractivity contribution < 1.29 is 24.2 Å². The van der Waals surface area contributed by atoms with Crippen molar-refractivity contribution in [1.29, 1.82) is 0 Å². The molecule has 1 aromatic carbocycles. The Labute approximate surface area is 139 Å². The van der Waals surface area contributed by atoms with Crippen molar-refractivity contribution in [2.75, 3.05) is 19.8 Å². The van der Waals surface area contributed by atoms with Gasteiger partial charge in [-0.15, -0.1) is 0 Å². The van der Waals surface area contributed by atoms with E-state index in [0.29, 0.717) is 0 Å². The van der Waals surface area contributed by atoms with Gasteiger partial charge in [-0.25, -0.2) is 4.79 Å². The number of carboxylic acid groups (broad SMARTS) is 1. The lowest BCUT2D eigenvalue weighted by atomic mass is 9.93. The van der Waals surface area contributed by atoms with Crippen LogP contribution in [-0.4, -0.2) is 47.5 Å². The summed E-state index contributed by atoms with van der Waals surface area (Å²) >= 11 is 0. The number of ether oxygens (including phenoxy) is 1. The molecule has 0 spiro atoms. The van der Waals surface area contributed by atoms with Crippen LogP contribution in [0, 0.1) is 0 Å². The van der Waals surface area contributed by atoms with E-state index in [4.69, 9.17) is 9.84 Å². The van der Waals surface area contributed by atoms with Crippen LogP contribution in [0.3, 0.4) is 0 Å². The number of carbonyl (C=O) groups excluding carboxylic acids is 2. The van der Waals surface area contributed by atoms with Crippen molar-refractivity contribution >= 4 is 23.9 Å². The van der Waals surface area contributed by atoms with Gasteiger partial charge in [0.1, 0.15) is 6.61 Å². The van der Waals surface area contributed by atoms with Gasteiger partial charge in [0, 0.05) is 19.7 Å². The van der Waals surface area contributed by atoms with E-state index in [9.17, 15) is 14.4 Å². The van der Waals surface area contributed by atoms with Gasteiger partial charge < -0.3 is 20.1 Å². The quantitative estimate of drug-likeness (QED) is 0.731. The van der Waals surface area contributed by atoms with E-state index in [2.05, 4.69) is 5.32 Å². The second kappa shape index (κ2) is 8.26.